The van der Waals surface area contributed by atoms with E-state index in [1.165, 1.54) is 15.9 Å². The highest BCUT2D eigenvalue weighted by molar-refractivity contribution is 7.95. The smallest absolute Gasteiger partial charge is 0.109 e. The van der Waals surface area contributed by atoms with Crippen LogP contribution in [0.25, 0.3) is 0 Å². The highest BCUT2D eigenvalue weighted by Crippen LogP contribution is 2.51. The lowest BCUT2D eigenvalue weighted by Gasteiger charge is -2.22. The fraction of sp³-hybridized carbons (Fsp3) is 0.0500. The zero-order valence-corrected chi connectivity index (χ0v) is 13.5. The first-order chi connectivity index (χ1) is 9.82. The van der Waals surface area contributed by atoms with Gasteiger partial charge in [0.1, 0.15) is 23.2 Å². The fourth-order valence-corrected chi connectivity index (χ4v) is 5.83. The predicted molar refractivity (Wildman–Crippen MR) is 97.5 cm³/mol. The van der Waals surface area contributed by atoms with Gasteiger partial charge in [0, 0.05) is 0 Å². The summed E-state index contributed by atoms with van der Waals surface area (Å²) in [5.41, 5.74) is 0. The van der Waals surface area contributed by atoms with Gasteiger partial charge in [-0.05, 0) is 36.4 Å². The van der Waals surface area contributed by atoms with E-state index in [4.69, 9.17) is 0 Å². The second-order valence-electron chi connectivity index (χ2n) is 5.01. The van der Waals surface area contributed by atoms with Gasteiger partial charge in [-0.1, -0.05) is 54.6 Å². The third-order valence-corrected chi connectivity index (χ3v) is 7.81. The largest absolute Gasteiger partial charge is 0.358 e. The van der Waals surface area contributed by atoms with Crippen molar-refractivity contribution in [2.45, 2.75) is 0 Å². The number of rotatable bonds is 3. The molecule has 3 rings (SSSR count). The highest BCUT2D eigenvalue weighted by atomic mass is 31.2. The van der Waals surface area contributed by atoms with Crippen LogP contribution in [0.3, 0.4) is 0 Å². The predicted octanol–water partition coefficient (Wildman–Crippen LogP) is 4.06. The Balaban J connectivity index is 0.00000161. The first-order valence-corrected chi connectivity index (χ1v) is 9.09. The van der Waals surface area contributed by atoms with Gasteiger partial charge in [0.25, 0.3) is 0 Å². The van der Waals surface area contributed by atoms with E-state index in [9.17, 15) is 0 Å². The zero-order valence-electron chi connectivity index (χ0n) is 12.6. The standard InChI is InChI=1S/C19H18P.CH3/c1-20(17-11-5-2-6-12-17,18-13-7-3-8-14-18)19-15-9-4-10-16-19;/h2-16H,1H3;1H3/q+1;-1. The van der Waals surface area contributed by atoms with E-state index in [1.807, 2.05) is 0 Å². The summed E-state index contributed by atoms with van der Waals surface area (Å²) in [5.74, 6) is 0. The van der Waals surface area contributed by atoms with Crippen LogP contribution in [-0.2, 0) is 0 Å². The number of hydrogen-bond acceptors (Lipinski definition) is 0. The molecule has 0 aromatic heterocycles. The van der Waals surface area contributed by atoms with Gasteiger partial charge < -0.3 is 7.43 Å². The lowest BCUT2D eigenvalue weighted by atomic mass is 10.4. The van der Waals surface area contributed by atoms with E-state index < -0.39 is 7.26 Å². The van der Waals surface area contributed by atoms with E-state index >= 15 is 0 Å². The first kappa shape index (κ1) is 15.5. The van der Waals surface area contributed by atoms with Gasteiger partial charge in [-0.25, -0.2) is 0 Å². The minimum atomic E-state index is -1.53. The van der Waals surface area contributed by atoms with E-state index in [0.29, 0.717) is 0 Å². The van der Waals surface area contributed by atoms with Crippen molar-refractivity contribution in [3.05, 3.63) is 98.4 Å². The highest BCUT2D eigenvalue weighted by Gasteiger charge is 2.39. The zero-order chi connectivity index (χ0) is 13.8. The molecule has 0 N–H and O–H groups in total. The summed E-state index contributed by atoms with van der Waals surface area (Å²) >= 11 is 0. The number of benzene rings is 3. The molecule has 0 aliphatic carbocycles. The molecule has 0 aliphatic rings. The van der Waals surface area contributed by atoms with E-state index in [1.54, 1.807) is 0 Å². The maximum atomic E-state index is 2.41. The van der Waals surface area contributed by atoms with Gasteiger partial charge in [0.15, 0.2) is 0 Å². The van der Waals surface area contributed by atoms with Gasteiger partial charge in [-0.2, -0.15) is 0 Å². The Morgan fingerprint density at radius 1 is 0.476 bits per heavy atom. The van der Waals surface area contributed by atoms with Crippen LogP contribution in [0.15, 0.2) is 91.0 Å². The molecule has 21 heavy (non-hydrogen) atoms. The maximum absolute atomic E-state index is 2.41. The molecule has 0 fully saturated rings. The van der Waals surface area contributed by atoms with E-state index in [0.717, 1.165) is 0 Å². The van der Waals surface area contributed by atoms with Gasteiger partial charge in [0.2, 0.25) is 0 Å². The van der Waals surface area contributed by atoms with E-state index in [-0.39, 0.29) is 7.43 Å². The molecular formula is C20H21P. The van der Waals surface area contributed by atoms with Crippen molar-refractivity contribution < 1.29 is 0 Å². The molecule has 0 heterocycles. The van der Waals surface area contributed by atoms with E-state index in [2.05, 4.69) is 97.7 Å². The monoisotopic (exact) mass is 292 g/mol. The summed E-state index contributed by atoms with van der Waals surface area (Å²) in [7, 11) is -1.53. The van der Waals surface area contributed by atoms with Crippen molar-refractivity contribution in [1.82, 2.24) is 0 Å². The average Bonchev–Trinajstić information content (AvgIpc) is 2.56. The summed E-state index contributed by atoms with van der Waals surface area (Å²) in [6.07, 6.45) is 0. The van der Waals surface area contributed by atoms with Crippen LogP contribution < -0.4 is 15.9 Å². The minimum absolute atomic E-state index is 0. The molecular weight excluding hydrogens is 271 g/mol. The van der Waals surface area contributed by atoms with Gasteiger partial charge in [-0.3, -0.25) is 0 Å². The van der Waals surface area contributed by atoms with Crippen LogP contribution in [0, 0.1) is 7.43 Å². The van der Waals surface area contributed by atoms with Gasteiger partial charge >= 0.3 is 0 Å². The summed E-state index contributed by atoms with van der Waals surface area (Å²) in [5, 5.41) is 4.28. The number of hydrogen-bond donors (Lipinski definition) is 0. The molecule has 0 spiro atoms. The summed E-state index contributed by atoms with van der Waals surface area (Å²) in [4.78, 5) is 0. The van der Waals surface area contributed by atoms with Gasteiger partial charge in [-0.15, -0.1) is 0 Å². The quantitative estimate of drug-likeness (QED) is 0.504. The molecule has 106 valence electrons. The van der Waals surface area contributed by atoms with Crippen molar-refractivity contribution in [3.8, 4) is 0 Å². The normalized spacial score (nSPS) is 10.7. The molecule has 0 saturated carbocycles. The Labute approximate surface area is 128 Å². The topological polar surface area (TPSA) is 0 Å². The lowest BCUT2D eigenvalue weighted by Crippen LogP contribution is -2.30. The van der Waals surface area contributed by atoms with Crippen molar-refractivity contribution in [2.75, 3.05) is 6.66 Å². The Kier molecular flexibility index (Phi) is 4.94. The van der Waals surface area contributed by atoms with Crippen LogP contribution >= 0.6 is 7.26 Å². The Hall–Kier alpha value is -1.91. The average molecular weight is 292 g/mol. The maximum Gasteiger partial charge on any atom is 0.109 e. The fourth-order valence-electron chi connectivity index (χ4n) is 2.63. The molecule has 0 radical (unpaired) electrons. The molecule has 0 amide bonds. The first-order valence-electron chi connectivity index (χ1n) is 6.85. The van der Waals surface area contributed by atoms with Crippen molar-refractivity contribution >= 4 is 23.2 Å². The van der Waals surface area contributed by atoms with Crippen molar-refractivity contribution in [1.29, 1.82) is 0 Å². The molecule has 0 aliphatic heterocycles. The molecule has 3 aromatic carbocycles. The Morgan fingerprint density at radius 2 is 0.714 bits per heavy atom. The van der Waals surface area contributed by atoms with Crippen molar-refractivity contribution in [3.63, 3.8) is 0 Å². The molecule has 0 bridgehead atoms. The summed E-state index contributed by atoms with van der Waals surface area (Å²) in [6, 6.07) is 32.6. The van der Waals surface area contributed by atoms with Gasteiger partial charge in [0.05, 0.1) is 6.66 Å². The van der Waals surface area contributed by atoms with Crippen LogP contribution in [0.4, 0.5) is 0 Å². The third-order valence-electron chi connectivity index (χ3n) is 3.82. The Bertz CT molecular complexity index is 563. The van der Waals surface area contributed by atoms with Crippen LogP contribution in [0.2, 0.25) is 0 Å². The molecule has 0 unspecified atom stereocenters. The second kappa shape index (κ2) is 6.70. The molecule has 3 aromatic rings. The lowest BCUT2D eigenvalue weighted by molar-refractivity contribution is 1.72. The second-order valence-corrected chi connectivity index (χ2v) is 8.57. The SMILES string of the molecule is C[P+](c1ccccc1)(c1ccccc1)c1ccccc1.[CH3-]. The summed E-state index contributed by atoms with van der Waals surface area (Å²) < 4.78 is 0. The third kappa shape index (κ3) is 2.91. The summed E-state index contributed by atoms with van der Waals surface area (Å²) in [6.45, 7) is 2.41. The van der Waals surface area contributed by atoms with Crippen LogP contribution in [0.1, 0.15) is 0 Å². The van der Waals surface area contributed by atoms with Crippen molar-refractivity contribution in [2.24, 2.45) is 0 Å². The van der Waals surface area contributed by atoms with Crippen LogP contribution in [-0.4, -0.2) is 6.66 Å². The molecule has 1 heteroatoms. The Morgan fingerprint density at radius 3 is 0.952 bits per heavy atom. The minimum Gasteiger partial charge on any atom is -0.358 e. The van der Waals surface area contributed by atoms with Crippen LogP contribution in [0.5, 0.6) is 0 Å². The molecule has 0 atom stereocenters. The molecule has 0 nitrogen and oxygen atoms in total. The molecule has 0 saturated heterocycles.